The number of allylic oxidation sites excluding steroid dienone is 1. The fraction of sp³-hybridized carbons (Fsp3) is 0.375. The van der Waals surface area contributed by atoms with E-state index >= 15 is 0 Å². The van der Waals surface area contributed by atoms with Crippen LogP contribution in [-0.4, -0.2) is 19.1 Å². The molecule has 0 bridgehead atoms. The van der Waals surface area contributed by atoms with Gasteiger partial charge in [0.15, 0.2) is 0 Å². The minimum Gasteiger partial charge on any atom is -0.492 e. The summed E-state index contributed by atoms with van der Waals surface area (Å²) in [5.41, 5.74) is 6.79. The van der Waals surface area contributed by atoms with E-state index in [-0.39, 0.29) is 0 Å². The van der Waals surface area contributed by atoms with Crippen LogP contribution in [0.1, 0.15) is 6.42 Å². The van der Waals surface area contributed by atoms with E-state index in [9.17, 15) is 4.79 Å². The van der Waals surface area contributed by atoms with E-state index in [0.717, 1.165) is 12.0 Å². The Bertz CT molecular complexity index is 287. The second-order valence-electron chi connectivity index (χ2n) is 2.82. The number of dihydropyridines is 1. The third kappa shape index (κ3) is 0.958. The van der Waals surface area contributed by atoms with Crippen LogP contribution in [0.2, 0.25) is 0 Å². The summed E-state index contributed by atoms with van der Waals surface area (Å²) in [4.78, 5) is 10.9. The molecule has 1 saturated heterocycles. The quantitative estimate of drug-likeness (QED) is 0.558. The number of carbonyl (C=O) groups is 1. The minimum atomic E-state index is -0.398. The number of rotatable bonds is 1. The summed E-state index contributed by atoms with van der Waals surface area (Å²) in [6, 6.07) is 0. The Morgan fingerprint density at radius 1 is 1.67 bits per heavy atom. The van der Waals surface area contributed by atoms with Crippen LogP contribution >= 0.6 is 0 Å². The molecule has 0 unspecified atom stereocenters. The Labute approximate surface area is 70.1 Å². The summed E-state index contributed by atoms with van der Waals surface area (Å²) in [5, 5.41) is 2.99. The van der Waals surface area contributed by atoms with Gasteiger partial charge >= 0.3 is 0 Å². The van der Waals surface area contributed by atoms with Crippen molar-refractivity contribution < 1.29 is 9.53 Å². The zero-order valence-electron chi connectivity index (χ0n) is 6.59. The summed E-state index contributed by atoms with van der Waals surface area (Å²) in [7, 11) is 0. The zero-order chi connectivity index (χ0) is 8.55. The third-order valence-electron chi connectivity index (χ3n) is 2.04. The summed E-state index contributed by atoms with van der Waals surface area (Å²) < 4.78 is 5.30. The van der Waals surface area contributed by atoms with Crippen LogP contribution in [0.4, 0.5) is 0 Å². The van der Waals surface area contributed by atoms with Crippen LogP contribution in [0, 0.1) is 0 Å². The number of fused-ring (bicyclic) bond motifs is 1. The van der Waals surface area contributed by atoms with Crippen LogP contribution in [-0.2, 0) is 9.53 Å². The maximum absolute atomic E-state index is 10.9. The van der Waals surface area contributed by atoms with Gasteiger partial charge in [-0.25, -0.2) is 0 Å². The molecule has 2 aliphatic heterocycles. The van der Waals surface area contributed by atoms with E-state index < -0.39 is 5.91 Å². The van der Waals surface area contributed by atoms with Crippen LogP contribution < -0.4 is 11.1 Å². The van der Waals surface area contributed by atoms with E-state index in [2.05, 4.69) is 5.32 Å². The summed E-state index contributed by atoms with van der Waals surface area (Å²) >= 11 is 0. The number of primary amides is 1. The Morgan fingerprint density at radius 3 is 3.25 bits per heavy atom. The van der Waals surface area contributed by atoms with Gasteiger partial charge in [0, 0.05) is 24.7 Å². The van der Waals surface area contributed by atoms with Crippen molar-refractivity contribution >= 4 is 5.91 Å². The maximum atomic E-state index is 10.9. The molecule has 0 atom stereocenters. The van der Waals surface area contributed by atoms with Crippen LogP contribution in [0.3, 0.4) is 0 Å². The van der Waals surface area contributed by atoms with Gasteiger partial charge in [-0.3, -0.25) is 4.79 Å². The zero-order valence-corrected chi connectivity index (χ0v) is 6.59. The molecule has 0 aliphatic carbocycles. The number of hydrogen-bond donors (Lipinski definition) is 2. The molecule has 0 aromatic rings. The first kappa shape index (κ1) is 7.21. The highest BCUT2D eigenvalue weighted by molar-refractivity contribution is 5.94. The lowest BCUT2D eigenvalue weighted by atomic mass is 10.1. The molecule has 1 amide bonds. The van der Waals surface area contributed by atoms with Crippen LogP contribution in [0.5, 0.6) is 0 Å². The fourth-order valence-corrected chi connectivity index (χ4v) is 1.44. The predicted octanol–water partition coefficient (Wildman–Crippen LogP) is -0.367. The first-order valence-electron chi connectivity index (χ1n) is 3.87. The van der Waals surface area contributed by atoms with Gasteiger partial charge in [-0.1, -0.05) is 0 Å². The number of nitrogens with two attached hydrogens (primary N) is 1. The molecule has 64 valence electrons. The van der Waals surface area contributed by atoms with E-state index in [1.165, 1.54) is 0 Å². The van der Waals surface area contributed by atoms with E-state index in [1.807, 2.05) is 6.20 Å². The van der Waals surface area contributed by atoms with Crippen molar-refractivity contribution in [1.82, 2.24) is 5.32 Å². The van der Waals surface area contributed by atoms with Crippen molar-refractivity contribution in [3.63, 3.8) is 0 Å². The number of hydrogen-bond acceptors (Lipinski definition) is 3. The van der Waals surface area contributed by atoms with Crippen molar-refractivity contribution in [2.75, 3.05) is 13.2 Å². The van der Waals surface area contributed by atoms with Crippen molar-refractivity contribution in [2.24, 2.45) is 5.73 Å². The van der Waals surface area contributed by atoms with Crippen molar-refractivity contribution in [3.05, 3.63) is 23.1 Å². The van der Waals surface area contributed by atoms with E-state index in [0.29, 0.717) is 24.5 Å². The lowest BCUT2D eigenvalue weighted by Gasteiger charge is -2.13. The molecule has 2 aliphatic rings. The smallest absolute Gasteiger partial charge is 0.250 e. The monoisotopic (exact) mass is 166 g/mol. The Morgan fingerprint density at radius 2 is 2.50 bits per heavy atom. The van der Waals surface area contributed by atoms with Crippen molar-refractivity contribution in [2.45, 2.75) is 6.42 Å². The van der Waals surface area contributed by atoms with Gasteiger partial charge < -0.3 is 15.8 Å². The molecule has 0 aromatic heterocycles. The lowest BCUT2D eigenvalue weighted by Crippen LogP contribution is -2.27. The molecular weight excluding hydrogens is 156 g/mol. The molecule has 3 N–H and O–H groups in total. The molecule has 0 spiro atoms. The number of amides is 1. The highest BCUT2D eigenvalue weighted by Crippen LogP contribution is 2.27. The Hall–Kier alpha value is -1.45. The Balaban J connectivity index is 2.41. The SMILES string of the molecule is NC(=O)C1=C2OCCC2=CNC1. The summed E-state index contributed by atoms with van der Waals surface area (Å²) in [6.45, 7) is 1.13. The molecule has 12 heavy (non-hydrogen) atoms. The fourth-order valence-electron chi connectivity index (χ4n) is 1.44. The van der Waals surface area contributed by atoms with Gasteiger partial charge in [0.1, 0.15) is 5.76 Å². The van der Waals surface area contributed by atoms with E-state index in [1.54, 1.807) is 0 Å². The topological polar surface area (TPSA) is 64.4 Å². The van der Waals surface area contributed by atoms with Gasteiger partial charge in [-0.05, 0) is 0 Å². The highest BCUT2D eigenvalue weighted by atomic mass is 16.5. The molecule has 0 aromatic carbocycles. The van der Waals surface area contributed by atoms with Gasteiger partial charge in [0.05, 0.1) is 12.2 Å². The second-order valence-corrected chi connectivity index (χ2v) is 2.82. The maximum Gasteiger partial charge on any atom is 0.250 e. The van der Waals surface area contributed by atoms with Gasteiger partial charge in [0.25, 0.3) is 0 Å². The van der Waals surface area contributed by atoms with Gasteiger partial charge in [0.2, 0.25) is 5.91 Å². The first-order valence-corrected chi connectivity index (χ1v) is 3.87. The summed E-state index contributed by atoms with van der Waals surface area (Å²) in [6.07, 6.45) is 2.74. The predicted molar refractivity (Wildman–Crippen MR) is 42.9 cm³/mol. The second kappa shape index (κ2) is 2.55. The summed E-state index contributed by atoms with van der Waals surface area (Å²) in [5.74, 6) is 0.297. The molecule has 1 fully saturated rings. The normalized spacial score (nSPS) is 20.8. The standard InChI is InChI=1S/C8H10N2O2/c9-8(11)6-4-10-3-5-1-2-12-7(5)6/h3,10H,1-2,4H2,(H2,9,11). The molecule has 4 heteroatoms. The Kier molecular flexibility index (Phi) is 1.53. The molecule has 4 nitrogen and oxygen atoms in total. The van der Waals surface area contributed by atoms with Gasteiger partial charge in [-0.2, -0.15) is 0 Å². The van der Waals surface area contributed by atoms with Crippen LogP contribution in [0.25, 0.3) is 0 Å². The highest BCUT2D eigenvalue weighted by Gasteiger charge is 2.25. The third-order valence-corrected chi connectivity index (χ3v) is 2.04. The van der Waals surface area contributed by atoms with Crippen LogP contribution in [0.15, 0.2) is 23.1 Å². The first-order chi connectivity index (χ1) is 5.79. The lowest BCUT2D eigenvalue weighted by molar-refractivity contribution is -0.114. The van der Waals surface area contributed by atoms with E-state index in [4.69, 9.17) is 10.5 Å². The number of carbonyl (C=O) groups excluding carboxylic acids is 1. The molecule has 2 rings (SSSR count). The molecule has 0 saturated carbocycles. The largest absolute Gasteiger partial charge is 0.492 e. The molecule has 0 radical (unpaired) electrons. The minimum absolute atomic E-state index is 0.398. The number of nitrogens with one attached hydrogen (secondary N) is 1. The number of ether oxygens (including phenoxy) is 1. The average molecular weight is 166 g/mol. The van der Waals surface area contributed by atoms with Gasteiger partial charge in [-0.15, -0.1) is 0 Å². The average Bonchev–Trinajstić information content (AvgIpc) is 2.49. The van der Waals surface area contributed by atoms with Crippen molar-refractivity contribution in [3.8, 4) is 0 Å². The molecular formula is C8H10N2O2. The van der Waals surface area contributed by atoms with Crippen molar-refractivity contribution in [1.29, 1.82) is 0 Å². The molecule has 2 heterocycles.